The SMILES string of the molecule is COc1cc(C(=O)N(C(C)C)C(C)C)ccc1OCCCCCOc1ccc(/C=N\N)cc1.O=C(O)/C=C\C(=O)O. The Morgan fingerprint density at radius 1 is 0.854 bits per heavy atom. The summed E-state index contributed by atoms with van der Waals surface area (Å²) in [4.78, 5) is 33.9. The van der Waals surface area contributed by atoms with Crippen LogP contribution in [-0.4, -0.2) is 71.6 Å². The molecule has 0 aliphatic heterocycles. The highest BCUT2D eigenvalue weighted by Crippen LogP contribution is 2.29. The summed E-state index contributed by atoms with van der Waals surface area (Å²) in [5.41, 5.74) is 1.54. The zero-order valence-corrected chi connectivity index (χ0v) is 24.3. The van der Waals surface area contributed by atoms with Crippen LogP contribution < -0.4 is 20.1 Å². The van der Waals surface area contributed by atoms with Crippen LogP contribution in [0.2, 0.25) is 0 Å². The maximum Gasteiger partial charge on any atom is 0.328 e. The maximum atomic E-state index is 12.9. The van der Waals surface area contributed by atoms with E-state index in [-0.39, 0.29) is 18.0 Å². The van der Waals surface area contributed by atoms with Gasteiger partial charge in [-0.25, -0.2) is 9.59 Å². The fraction of sp³-hybridized carbons (Fsp3) is 0.400. The number of carboxylic acid groups (broad SMARTS) is 2. The van der Waals surface area contributed by atoms with Crippen LogP contribution in [0, 0.1) is 0 Å². The predicted molar refractivity (Wildman–Crippen MR) is 157 cm³/mol. The lowest BCUT2D eigenvalue weighted by Crippen LogP contribution is -2.42. The van der Waals surface area contributed by atoms with Gasteiger partial charge in [0.2, 0.25) is 0 Å². The molecule has 0 unspecified atom stereocenters. The van der Waals surface area contributed by atoms with Crippen molar-refractivity contribution in [2.24, 2.45) is 10.9 Å². The van der Waals surface area contributed by atoms with Crippen LogP contribution in [0.1, 0.15) is 62.9 Å². The van der Waals surface area contributed by atoms with Gasteiger partial charge in [0.1, 0.15) is 5.75 Å². The minimum absolute atomic E-state index is 0.00741. The van der Waals surface area contributed by atoms with E-state index in [0.717, 1.165) is 30.6 Å². The maximum absolute atomic E-state index is 12.9. The average molecular weight is 572 g/mol. The summed E-state index contributed by atoms with van der Waals surface area (Å²) >= 11 is 0. The number of rotatable bonds is 15. The van der Waals surface area contributed by atoms with Crippen LogP contribution in [0.3, 0.4) is 0 Å². The molecule has 0 saturated heterocycles. The molecule has 2 aromatic carbocycles. The van der Waals surface area contributed by atoms with Crippen molar-refractivity contribution in [1.29, 1.82) is 0 Å². The summed E-state index contributed by atoms with van der Waals surface area (Å²) in [7, 11) is 1.59. The molecule has 11 heteroatoms. The molecule has 4 N–H and O–H groups in total. The zero-order valence-electron chi connectivity index (χ0n) is 24.3. The number of unbranched alkanes of at least 4 members (excludes halogenated alkanes) is 2. The molecule has 224 valence electrons. The standard InChI is InChI=1S/C26H37N3O4.C4H4O4/c1-19(2)29(20(3)4)26(30)22-11-14-24(25(17-22)31-5)33-16-8-6-7-15-32-23-12-9-21(10-13-23)18-28-27;5-3(6)1-2-4(7)8/h9-14,17-20H,6-8,15-16,27H2,1-5H3;1-2H,(H,5,6)(H,7,8)/b28-18-;2-1-. The molecule has 0 aromatic heterocycles. The zero-order chi connectivity index (χ0) is 30.8. The molecule has 11 nitrogen and oxygen atoms in total. The second kappa shape index (κ2) is 18.7. The molecule has 2 rings (SSSR count). The van der Waals surface area contributed by atoms with Gasteiger partial charge in [0.15, 0.2) is 11.5 Å². The summed E-state index contributed by atoms with van der Waals surface area (Å²) in [6.07, 6.45) is 5.52. The largest absolute Gasteiger partial charge is 0.494 e. The normalized spacial score (nSPS) is 10.9. The number of benzene rings is 2. The Bertz CT molecular complexity index is 1140. The first-order chi connectivity index (χ1) is 19.5. The van der Waals surface area contributed by atoms with Gasteiger partial charge in [-0.05, 0) is 95.0 Å². The summed E-state index contributed by atoms with van der Waals surface area (Å²) in [5, 5.41) is 19.1. The Kier molecular flexibility index (Phi) is 15.7. The first kappa shape index (κ1) is 34.5. The number of carbonyl (C=O) groups is 3. The van der Waals surface area contributed by atoms with Crippen molar-refractivity contribution in [2.75, 3.05) is 20.3 Å². The molecule has 0 fully saturated rings. The third-order valence-electron chi connectivity index (χ3n) is 5.54. The highest BCUT2D eigenvalue weighted by Gasteiger charge is 2.22. The Balaban J connectivity index is 0.000000915. The molecule has 41 heavy (non-hydrogen) atoms. The van der Waals surface area contributed by atoms with E-state index in [0.29, 0.717) is 42.4 Å². The molecule has 0 saturated carbocycles. The van der Waals surface area contributed by atoms with Gasteiger partial charge >= 0.3 is 11.9 Å². The average Bonchev–Trinajstić information content (AvgIpc) is 2.92. The van der Waals surface area contributed by atoms with Crippen LogP contribution in [-0.2, 0) is 9.59 Å². The molecule has 0 aliphatic rings. The smallest absolute Gasteiger partial charge is 0.328 e. The van der Waals surface area contributed by atoms with Gasteiger partial charge in [-0.1, -0.05) is 0 Å². The molecular formula is C30H41N3O8. The molecular weight excluding hydrogens is 530 g/mol. The van der Waals surface area contributed by atoms with Crippen molar-refractivity contribution < 1.29 is 38.8 Å². The second-order valence-corrected chi connectivity index (χ2v) is 9.38. The van der Waals surface area contributed by atoms with Crippen LogP contribution in [0.25, 0.3) is 0 Å². The summed E-state index contributed by atoms with van der Waals surface area (Å²) < 4.78 is 17.1. The van der Waals surface area contributed by atoms with E-state index in [2.05, 4.69) is 5.10 Å². The highest BCUT2D eigenvalue weighted by atomic mass is 16.5. The highest BCUT2D eigenvalue weighted by molar-refractivity contribution is 5.95. The third kappa shape index (κ3) is 13.4. The van der Waals surface area contributed by atoms with Crippen molar-refractivity contribution in [3.63, 3.8) is 0 Å². The lowest BCUT2D eigenvalue weighted by atomic mass is 10.1. The molecule has 2 aromatic rings. The minimum Gasteiger partial charge on any atom is -0.494 e. The molecule has 0 bridgehead atoms. The molecule has 0 spiro atoms. The summed E-state index contributed by atoms with van der Waals surface area (Å²) in [6, 6.07) is 13.2. The van der Waals surface area contributed by atoms with E-state index in [1.807, 2.05) is 62.9 Å². The number of hydrogen-bond donors (Lipinski definition) is 3. The first-order valence-electron chi connectivity index (χ1n) is 13.2. The number of hydrazone groups is 1. The molecule has 0 heterocycles. The third-order valence-corrected chi connectivity index (χ3v) is 5.54. The number of methoxy groups -OCH3 is 1. The van der Waals surface area contributed by atoms with Gasteiger partial charge in [0.25, 0.3) is 5.91 Å². The van der Waals surface area contributed by atoms with E-state index in [9.17, 15) is 14.4 Å². The summed E-state index contributed by atoms with van der Waals surface area (Å²) in [6.45, 7) is 9.30. The van der Waals surface area contributed by atoms with Crippen molar-refractivity contribution in [2.45, 2.75) is 59.0 Å². The molecule has 0 radical (unpaired) electrons. The van der Waals surface area contributed by atoms with Gasteiger partial charge in [-0.2, -0.15) is 5.10 Å². The quantitative estimate of drug-likeness (QED) is 0.0913. The van der Waals surface area contributed by atoms with Gasteiger partial charge in [-0.15, -0.1) is 0 Å². The lowest BCUT2D eigenvalue weighted by Gasteiger charge is -2.31. The Labute approximate surface area is 241 Å². The van der Waals surface area contributed by atoms with E-state index < -0.39 is 11.9 Å². The number of amides is 1. The topological polar surface area (TPSA) is 161 Å². The Morgan fingerprint density at radius 3 is 1.90 bits per heavy atom. The fourth-order valence-corrected chi connectivity index (χ4v) is 3.77. The molecule has 1 amide bonds. The lowest BCUT2D eigenvalue weighted by molar-refractivity contribution is -0.134. The monoisotopic (exact) mass is 571 g/mol. The Morgan fingerprint density at radius 2 is 1.41 bits per heavy atom. The van der Waals surface area contributed by atoms with Gasteiger partial charge < -0.3 is 35.2 Å². The van der Waals surface area contributed by atoms with Crippen LogP contribution >= 0.6 is 0 Å². The van der Waals surface area contributed by atoms with Crippen molar-refractivity contribution in [3.8, 4) is 17.2 Å². The minimum atomic E-state index is -1.26. The second-order valence-electron chi connectivity index (χ2n) is 9.38. The summed E-state index contributed by atoms with van der Waals surface area (Å²) in [5.74, 6) is 4.66. The van der Waals surface area contributed by atoms with Crippen LogP contribution in [0.4, 0.5) is 0 Å². The number of hydrogen-bond acceptors (Lipinski definition) is 8. The first-order valence-corrected chi connectivity index (χ1v) is 13.2. The van der Waals surface area contributed by atoms with E-state index >= 15 is 0 Å². The van der Waals surface area contributed by atoms with Crippen molar-refractivity contribution >= 4 is 24.1 Å². The molecule has 0 aliphatic carbocycles. The van der Waals surface area contributed by atoms with Crippen molar-refractivity contribution in [1.82, 2.24) is 4.90 Å². The van der Waals surface area contributed by atoms with Crippen molar-refractivity contribution in [3.05, 3.63) is 65.7 Å². The number of ether oxygens (including phenoxy) is 3. The van der Waals surface area contributed by atoms with E-state index in [1.54, 1.807) is 25.5 Å². The predicted octanol–water partition coefficient (Wildman–Crippen LogP) is 4.59. The van der Waals surface area contributed by atoms with E-state index in [1.165, 1.54) is 0 Å². The number of aliphatic carboxylic acids is 2. The van der Waals surface area contributed by atoms with E-state index in [4.69, 9.17) is 30.3 Å². The van der Waals surface area contributed by atoms with Gasteiger partial charge in [0, 0.05) is 29.8 Å². The number of nitrogens with zero attached hydrogens (tertiary/aromatic N) is 2. The number of nitrogens with two attached hydrogens (primary N) is 1. The van der Waals surface area contributed by atoms with Gasteiger partial charge in [0.05, 0.1) is 26.5 Å². The number of carbonyl (C=O) groups excluding carboxylic acids is 1. The Hall–Kier alpha value is -4.54. The number of carboxylic acids is 2. The van der Waals surface area contributed by atoms with Crippen LogP contribution in [0.5, 0.6) is 17.2 Å². The van der Waals surface area contributed by atoms with Gasteiger partial charge in [-0.3, -0.25) is 4.79 Å². The fourth-order valence-electron chi connectivity index (χ4n) is 3.77. The van der Waals surface area contributed by atoms with Crippen LogP contribution in [0.15, 0.2) is 59.7 Å². The molecule has 0 atom stereocenters.